The van der Waals surface area contributed by atoms with Gasteiger partial charge < -0.3 is 19.7 Å². The van der Waals surface area contributed by atoms with Gasteiger partial charge in [-0.1, -0.05) is 26.0 Å². The minimum Gasteiger partial charge on any atom is -0.491 e. The second-order valence-corrected chi connectivity index (χ2v) is 9.24. The number of methoxy groups -OCH3 is 1. The quantitative estimate of drug-likeness (QED) is 0.684. The van der Waals surface area contributed by atoms with Gasteiger partial charge >= 0.3 is 0 Å². The number of hydrogen-bond donors (Lipinski definition) is 1. The first-order chi connectivity index (χ1) is 16.7. The fraction of sp³-hybridized carbons (Fsp3) is 0.481. The third kappa shape index (κ3) is 6.58. The lowest BCUT2D eigenvalue weighted by Gasteiger charge is -2.35. The molecule has 8 heteroatoms. The van der Waals surface area contributed by atoms with E-state index in [0.29, 0.717) is 30.2 Å². The van der Waals surface area contributed by atoms with Gasteiger partial charge in [0.25, 0.3) is 11.8 Å². The van der Waals surface area contributed by atoms with Gasteiger partial charge in [0.2, 0.25) is 0 Å². The van der Waals surface area contributed by atoms with Gasteiger partial charge in [-0.05, 0) is 56.1 Å². The lowest BCUT2D eigenvalue weighted by Crippen LogP contribution is -2.46. The van der Waals surface area contributed by atoms with E-state index < -0.39 is 11.7 Å². The van der Waals surface area contributed by atoms with Gasteiger partial charge in [-0.3, -0.25) is 14.5 Å². The Morgan fingerprint density at radius 1 is 1.20 bits per heavy atom. The molecule has 1 N–H and O–H groups in total. The number of ether oxygens (including phenoxy) is 2. The summed E-state index contributed by atoms with van der Waals surface area (Å²) >= 11 is 0. The molecule has 0 spiro atoms. The predicted molar refractivity (Wildman–Crippen MR) is 135 cm³/mol. The van der Waals surface area contributed by atoms with Gasteiger partial charge in [0.05, 0.1) is 17.2 Å². The summed E-state index contributed by atoms with van der Waals surface area (Å²) < 4.78 is 25.9. The van der Waals surface area contributed by atoms with E-state index in [2.05, 4.69) is 31.0 Å². The third-order valence-corrected chi connectivity index (χ3v) is 6.46. The van der Waals surface area contributed by atoms with Crippen LogP contribution in [0.2, 0.25) is 0 Å². The highest BCUT2D eigenvalue weighted by Crippen LogP contribution is 2.27. The zero-order valence-electron chi connectivity index (χ0n) is 21.2. The van der Waals surface area contributed by atoms with E-state index in [4.69, 9.17) is 9.47 Å². The number of hydrogen-bond acceptors (Lipinski definition) is 5. The first-order valence-electron chi connectivity index (χ1n) is 12.1. The Morgan fingerprint density at radius 3 is 2.63 bits per heavy atom. The molecule has 0 fully saturated rings. The van der Waals surface area contributed by atoms with Gasteiger partial charge in [-0.15, -0.1) is 0 Å². The van der Waals surface area contributed by atoms with Crippen molar-refractivity contribution in [3.63, 3.8) is 0 Å². The zero-order chi connectivity index (χ0) is 25.5. The van der Waals surface area contributed by atoms with E-state index in [1.54, 1.807) is 43.3 Å². The SMILES string of the molecule is CCCN1C[C@@H](C)[C@@H](OC)CN(C)C(=O)c2cc(NC(=O)c3ccccc3F)ccc2OC[C@H]1C. The number of nitrogens with zero attached hydrogens (tertiary/aromatic N) is 2. The normalized spacial score (nSPS) is 21.9. The number of halogens is 1. The van der Waals surface area contributed by atoms with Crippen molar-refractivity contribution in [1.29, 1.82) is 0 Å². The van der Waals surface area contributed by atoms with Crippen LogP contribution in [0.3, 0.4) is 0 Å². The van der Waals surface area contributed by atoms with Crippen LogP contribution in [0.25, 0.3) is 0 Å². The number of anilines is 1. The van der Waals surface area contributed by atoms with Crippen molar-refractivity contribution in [3.05, 3.63) is 59.4 Å². The summed E-state index contributed by atoms with van der Waals surface area (Å²) in [7, 11) is 3.40. The van der Waals surface area contributed by atoms with Crippen molar-refractivity contribution >= 4 is 17.5 Å². The molecule has 0 aromatic heterocycles. The predicted octanol–water partition coefficient (Wildman–Crippen LogP) is 4.29. The van der Waals surface area contributed by atoms with Crippen LogP contribution in [-0.4, -0.2) is 74.2 Å². The zero-order valence-corrected chi connectivity index (χ0v) is 21.2. The number of carbonyl (C=O) groups excluding carboxylic acids is 2. The molecule has 0 unspecified atom stereocenters. The van der Waals surface area contributed by atoms with E-state index in [-0.39, 0.29) is 29.5 Å². The van der Waals surface area contributed by atoms with Crippen LogP contribution < -0.4 is 10.1 Å². The van der Waals surface area contributed by atoms with Crippen molar-refractivity contribution in [2.45, 2.75) is 39.3 Å². The summed E-state index contributed by atoms with van der Waals surface area (Å²) in [6.45, 7) is 9.01. The molecule has 0 saturated carbocycles. The smallest absolute Gasteiger partial charge is 0.258 e. The molecule has 1 aliphatic heterocycles. The van der Waals surface area contributed by atoms with Crippen molar-refractivity contribution < 1.29 is 23.5 Å². The molecule has 0 radical (unpaired) electrons. The maximum Gasteiger partial charge on any atom is 0.258 e. The average molecular weight is 486 g/mol. The molecule has 190 valence electrons. The van der Waals surface area contributed by atoms with E-state index in [9.17, 15) is 14.0 Å². The Hall–Kier alpha value is -2.97. The van der Waals surface area contributed by atoms with Crippen molar-refractivity contribution in [3.8, 4) is 5.75 Å². The van der Waals surface area contributed by atoms with Crippen LogP contribution in [0, 0.1) is 11.7 Å². The molecular weight excluding hydrogens is 449 g/mol. The summed E-state index contributed by atoms with van der Waals surface area (Å²) in [5.41, 5.74) is 0.643. The van der Waals surface area contributed by atoms with Crippen LogP contribution in [0.4, 0.5) is 10.1 Å². The minimum absolute atomic E-state index is 0.0678. The van der Waals surface area contributed by atoms with Gasteiger partial charge in [0.15, 0.2) is 0 Å². The van der Waals surface area contributed by atoms with E-state index in [0.717, 1.165) is 19.5 Å². The maximum absolute atomic E-state index is 14.1. The van der Waals surface area contributed by atoms with E-state index in [1.165, 1.54) is 18.2 Å². The van der Waals surface area contributed by atoms with Crippen LogP contribution >= 0.6 is 0 Å². The van der Waals surface area contributed by atoms with Gasteiger partial charge in [-0.25, -0.2) is 4.39 Å². The molecule has 1 heterocycles. The molecule has 2 aromatic carbocycles. The molecule has 0 saturated heterocycles. The summed E-state index contributed by atoms with van der Waals surface area (Å²) in [4.78, 5) is 30.1. The Labute approximate surface area is 207 Å². The summed E-state index contributed by atoms with van der Waals surface area (Å²) in [5.74, 6) is -0.795. The number of benzene rings is 2. The first kappa shape index (κ1) is 26.6. The highest BCUT2D eigenvalue weighted by molar-refractivity contribution is 6.05. The highest BCUT2D eigenvalue weighted by Gasteiger charge is 2.28. The summed E-state index contributed by atoms with van der Waals surface area (Å²) in [5, 5.41) is 2.69. The average Bonchev–Trinajstić information content (AvgIpc) is 2.84. The largest absolute Gasteiger partial charge is 0.491 e. The van der Waals surface area contributed by atoms with Gasteiger partial charge in [-0.2, -0.15) is 0 Å². The number of rotatable bonds is 5. The van der Waals surface area contributed by atoms with E-state index in [1.807, 2.05) is 0 Å². The van der Waals surface area contributed by atoms with Crippen LogP contribution in [-0.2, 0) is 4.74 Å². The van der Waals surface area contributed by atoms with Crippen LogP contribution in [0.1, 0.15) is 47.9 Å². The first-order valence-corrected chi connectivity index (χ1v) is 12.1. The van der Waals surface area contributed by atoms with Gasteiger partial charge in [0, 0.05) is 39.0 Å². The maximum atomic E-state index is 14.1. The number of nitrogens with one attached hydrogen (secondary N) is 1. The standard InChI is InChI=1S/C27H36FN3O4/c1-6-13-31-15-18(2)25(34-5)16-30(4)27(33)22-14-20(11-12-24(22)35-17-19(31)3)29-26(32)21-9-7-8-10-23(21)28/h7-12,14,18-19,25H,6,13,15-17H2,1-5H3,(H,29,32)/t18-,19-,25+/m1/s1. The van der Waals surface area contributed by atoms with Gasteiger partial charge in [0.1, 0.15) is 18.2 Å². The van der Waals surface area contributed by atoms with Crippen LogP contribution in [0.15, 0.2) is 42.5 Å². The topological polar surface area (TPSA) is 71.1 Å². The molecule has 0 aliphatic carbocycles. The fourth-order valence-electron chi connectivity index (χ4n) is 4.37. The Kier molecular flexibility index (Phi) is 9.23. The molecular formula is C27H36FN3O4. The van der Waals surface area contributed by atoms with Crippen molar-refractivity contribution in [1.82, 2.24) is 9.80 Å². The molecule has 1 aliphatic rings. The molecule has 2 aromatic rings. The van der Waals surface area contributed by atoms with Crippen molar-refractivity contribution in [2.24, 2.45) is 5.92 Å². The second kappa shape index (κ2) is 12.1. The molecule has 3 rings (SSSR count). The Morgan fingerprint density at radius 2 is 1.94 bits per heavy atom. The molecule has 7 nitrogen and oxygen atoms in total. The number of fused-ring (bicyclic) bond motifs is 1. The second-order valence-electron chi connectivity index (χ2n) is 9.24. The lowest BCUT2D eigenvalue weighted by molar-refractivity contribution is 0.0107. The Balaban J connectivity index is 1.93. The summed E-state index contributed by atoms with van der Waals surface area (Å²) in [6, 6.07) is 10.8. The lowest BCUT2D eigenvalue weighted by atomic mass is 10.0. The number of amides is 2. The third-order valence-electron chi connectivity index (χ3n) is 6.46. The molecule has 0 bridgehead atoms. The van der Waals surface area contributed by atoms with E-state index >= 15 is 0 Å². The number of carbonyl (C=O) groups is 2. The fourth-order valence-corrected chi connectivity index (χ4v) is 4.37. The molecule has 2 amide bonds. The number of likely N-dealkylation sites (N-methyl/N-ethyl adjacent to an activating group) is 1. The highest BCUT2D eigenvalue weighted by atomic mass is 19.1. The minimum atomic E-state index is -0.610. The molecule has 3 atom stereocenters. The van der Waals surface area contributed by atoms with Crippen LogP contribution in [0.5, 0.6) is 5.75 Å². The monoisotopic (exact) mass is 485 g/mol. The molecule has 35 heavy (non-hydrogen) atoms. The Bertz CT molecular complexity index is 1030. The summed E-state index contributed by atoms with van der Waals surface area (Å²) in [6.07, 6.45) is 0.887. The van der Waals surface area contributed by atoms with Crippen molar-refractivity contribution in [2.75, 3.05) is 45.7 Å².